The fourth-order valence-electron chi connectivity index (χ4n) is 2.95. The summed E-state index contributed by atoms with van der Waals surface area (Å²) in [7, 11) is 0. The lowest BCUT2D eigenvalue weighted by Crippen LogP contribution is -2.44. The maximum absolute atomic E-state index is 12.8. The Morgan fingerprint density at radius 3 is 2.40 bits per heavy atom. The zero-order valence-electron chi connectivity index (χ0n) is 15.1. The molecule has 2 aromatic heterocycles. The third-order valence-electron chi connectivity index (χ3n) is 4.67. The van der Waals surface area contributed by atoms with Gasteiger partial charge in [-0.2, -0.15) is 5.10 Å². The fraction of sp³-hybridized carbons (Fsp3) is 0.300. The number of nitrogens with zero attached hydrogens (tertiary/aromatic N) is 3. The second-order valence-corrected chi connectivity index (χ2v) is 6.78. The predicted molar refractivity (Wildman–Crippen MR) is 98.6 cm³/mol. The molecule has 0 saturated heterocycles. The molecule has 0 aliphatic rings. The van der Waals surface area contributed by atoms with Gasteiger partial charge in [0.2, 0.25) is 5.91 Å². The molecule has 3 rings (SSSR count). The van der Waals surface area contributed by atoms with Crippen LogP contribution in [0.2, 0.25) is 0 Å². The van der Waals surface area contributed by atoms with Crippen LogP contribution in [-0.2, 0) is 10.3 Å². The third-order valence-corrected chi connectivity index (χ3v) is 4.67. The number of carbonyl (C=O) groups is 1. The predicted octanol–water partition coefficient (Wildman–Crippen LogP) is 3.59. The summed E-state index contributed by atoms with van der Waals surface area (Å²) in [6.45, 7) is 7.84. The molecule has 25 heavy (non-hydrogen) atoms. The molecule has 1 atom stereocenters. The number of para-hydroxylation sites is 1. The minimum Gasteiger partial charge on any atom is -0.347 e. The smallest absolute Gasteiger partial charge is 0.246 e. The van der Waals surface area contributed by atoms with Gasteiger partial charge in [0.05, 0.1) is 17.9 Å². The number of carbonyl (C=O) groups excluding carboxylic acids is 1. The van der Waals surface area contributed by atoms with Crippen molar-refractivity contribution in [3.05, 3.63) is 72.3 Å². The van der Waals surface area contributed by atoms with E-state index < -0.39 is 5.54 Å². The topological polar surface area (TPSA) is 51.9 Å². The van der Waals surface area contributed by atoms with Gasteiger partial charge in [0, 0.05) is 23.7 Å². The Bertz CT molecular complexity index is 847. The molecule has 5 nitrogen and oxygen atoms in total. The summed E-state index contributed by atoms with van der Waals surface area (Å²) in [5.74, 6) is -0.0249. The van der Waals surface area contributed by atoms with Gasteiger partial charge in [0.1, 0.15) is 5.54 Å². The molecule has 130 valence electrons. The van der Waals surface area contributed by atoms with Crippen molar-refractivity contribution >= 4 is 5.91 Å². The lowest BCUT2D eigenvalue weighted by Gasteiger charge is -2.27. The van der Waals surface area contributed by atoms with E-state index in [2.05, 4.69) is 10.4 Å². The van der Waals surface area contributed by atoms with E-state index in [1.807, 2.05) is 98.0 Å². The van der Waals surface area contributed by atoms with Crippen LogP contribution in [0, 0.1) is 6.92 Å². The van der Waals surface area contributed by atoms with Gasteiger partial charge in [-0.15, -0.1) is 0 Å². The van der Waals surface area contributed by atoms with Gasteiger partial charge in [-0.1, -0.05) is 18.2 Å². The van der Waals surface area contributed by atoms with Crippen molar-refractivity contribution in [3.63, 3.8) is 0 Å². The largest absolute Gasteiger partial charge is 0.347 e. The number of hydrogen-bond acceptors (Lipinski definition) is 2. The molecular weight excluding hydrogens is 312 g/mol. The first-order valence-electron chi connectivity index (χ1n) is 8.45. The summed E-state index contributed by atoms with van der Waals surface area (Å²) in [6, 6.07) is 13.7. The van der Waals surface area contributed by atoms with Gasteiger partial charge < -0.3 is 9.88 Å². The van der Waals surface area contributed by atoms with Crippen molar-refractivity contribution in [2.24, 2.45) is 0 Å². The summed E-state index contributed by atoms with van der Waals surface area (Å²) in [6.07, 6.45) is 5.64. The van der Waals surface area contributed by atoms with Crippen LogP contribution in [0.25, 0.3) is 5.69 Å². The zero-order chi connectivity index (χ0) is 18.0. The Morgan fingerprint density at radius 1 is 1.12 bits per heavy atom. The lowest BCUT2D eigenvalue weighted by atomic mass is 10.0. The van der Waals surface area contributed by atoms with Crippen molar-refractivity contribution in [1.29, 1.82) is 0 Å². The molecule has 0 aliphatic carbocycles. The number of hydrogen-bond donors (Lipinski definition) is 1. The van der Waals surface area contributed by atoms with E-state index in [9.17, 15) is 4.79 Å². The van der Waals surface area contributed by atoms with Crippen LogP contribution in [0.5, 0.6) is 0 Å². The maximum Gasteiger partial charge on any atom is 0.246 e. The van der Waals surface area contributed by atoms with Gasteiger partial charge in [-0.05, 0) is 52.0 Å². The molecule has 2 heterocycles. The van der Waals surface area contributed by atoms with E-state index in [1.165, 1.54) is 0 Å². The molecule has 5 heteroatoms. The van der Waals surface area contributed by atoms with Gasteiger partial charge in [-0.25, -0.2) is 4.68 Å². The monoisotopic (exact) mass is 336 g/mol. The molecule has 0 bridgehead atoms. The molecule has 0 aliphatic heterocycles. The Balaban J connectivity index is 1.79. The lowest BCUT2D eigenvalue weighted by molar-refractivity contribution is -0.129. The van der Waals surface area contributed by atoms with E-state index in [4.69, 9.17) is 0 Å². The number of amides is 1. The quantitative estimate of drug-likeness (QED) is 0.774. The Morgan fingerprint density at radius 2 is 1.76 bits per heavy atom. The van der Waals surface area contributed by atoms with Crippen molar-refractivity contribution in [1.82, 2.24) is 19.7 Å². The number of aromatic nitrogens is 3. The molecular formula is C20H24N4O. The first-order valence-corrected chi connectivity index (χ1v) is 8.45. The van der Waals surface area contributed by atoms with Crippen molar-refractivity contribution < 1.29 is 4.79 Å². The molecule has 1 N–H and O–H groups in total. The van der Waals surface area contributed by atoms with Crippen LogP contribution in [-0.4, -0.2) is 20.3 Å². The van der Waals surface area contributed by atoms with Crippen LogP contribution >= 0.6 is 0 Å². The van der Waals surface area contributed by atoms with Crippen LogP contribution < -0.4 is 5.32 Å². The first kappa shape index (κ1) is 17.0. The molecule has 0 spiro atoms. The standard InChI is InChI=1S/C20H24N4O/c1-15(22-19(25)20(3,4)23-12-8-9-13-23)18-14-21-24(16(18)2)17-10-6-5-7-11-17/h5-15H,1-4H3,(H,22,25)/t15-/m1/s1. The highest BCUT2D eigenvalue weighted by atomic mass is 16.2. The number of benzene rings is 1. The number of nitrogens with one attached hydrogen (secondary N) is 1. The second-order valence-electron chi connectivity index (χ2n) is 6.78. The highest BCUT2D eigenvalue weighted by Gasteiger charge is 2.30. The van der Waals surface area contributed by atoms with Gasteiger partial charge in [-0.3, -0.25) is 4.79 Å². The molecule has 0 radical (unpaired) electrons. The van der Waals surface area contributed by atoms with Gasteiger partial charge >= 0.3 is 0 Å². The summed E-state index contributed by atoms with van der Waals surface area (Å²) in [4.78, 5) is 12.8. The molecule has 0 unspecified atom stereocenters. The Kier molecular flexibility index (Phi) is 4.49. The maximum atomic E-state index is 12.8. The molecule has 3 aromatic rings. The third kappa shape index (κ3) is 3.22. The normalized spacial score (nSPS) is 12.8. The van der Waals surface area contributed by atoms with E-state index >= 15 is 0 Å². The van der Waals surface area contributed by atoms with Crippen LogP contribution in [0.1, 0.15) is 38.1 Å². The van der Waals surface area contributed by atoms with E-state index in [1.54, 1.807) is 0 Å². The zero-order valence-corrected chi connectivity index (χ0v) is 15.1. The fourth-order valence-corrected chi connectivity index (χ4v) is 2.95. The van der Waals surface area contributed by atoms with Crippen LogP contribution in [0.15, 0.2) is 61.1 Å². The van der Waals surface area contributed by atoms with Crippen LogP contribution in [0.3, 0.4) is 0 Å². The second kappa shape index (κ2) is 6.59. The summed E-state index contributed by atoms with van der Waals surface area (Å²) in [5, 5.41) is 7.60. The molecule has 1 aromatic carbocycles. The molecule has 1 amide bonds. The van der Waals surface area contributed by atoms with Crippen LogP contribution in [0.4, 0.5) is 0 Å². The van der Waals surface area contributed by atoms with E-state index in [0.29, 0.717) is 0 Å². The average Bonchev–Trinajstić information content (AvgIpc) is 3.25. The molecule has 0 saturated carbocycles. The van der Waals surface area contributed by atoms with Crippen molar-refractivity contribution in [2.75, 3.05) is 0 Å². The van der Waals surface area contributed by atoms with E-state index in [0.717, 1.165) is 16.9 Å². The van der Waals surface area contributed by atoms with Crippen molar-refractivity contribution in [2.45, 2.75) is 39.3 Å². The average molecular weight is 336 g/mol. The Hall–Kier alpha value is -2.82. The minimum absolute atomic E-state index is 0.0249. The number of rotatable bonds is 5. The SMILES string of the molecule is Cc1c([C@@H](C)NC(=O)C(C)(C)n2cccc2)cnn1-c1ccccc1. The minimum atomic E-state index is -0.652. The molecule has 0 fully saturated rings. The highest BCUT2D eigenvalue weighted by molar-refractivity contribution is 5.84. The highest BCUT2D eigenvalue weighted by Crippen LogP contribution is 2.22. The van der Waals surface area contributed by atoms with E-state index in [-0.39, 0.29) is 11.9 Å². The summed E-state index contributed by atoms with van der Waals surface area (Å²) >= 11 is 0. The summed E-state index contributed by atoms with van der Waals surface area (Å²) in [5.41, 5.74) is 2.40. The van der Waals surface area contributed by atoms with Gasteiger partial charge in [0.25, 0.3) is 0 Å². The van der Waals surface area contributed by atoms with Crippen molar-refractivity contribution in [3.8, 4) is 5.69 Å². The first-order chi connectivity index (χ1) is 11.9. The summed E-state index contributed by atoms with van der Waals surface area (Å²) < 4.78 is 3.81. The Labute approximate surface area is 148 Å². The van der Waals surface area contributed by atoms with Gasteiger partial charge in [0.15, 0.2) is 0 Å².